The van der Waals surface area contributed by atoms with Crippen molar-refractivity contribution in [2.24, 2.45) is 0 Å². The molecule has 7 nitrogen and oxygen atoms in total. The molecule has 132 valence electrons. The summed E-state index contributed by atoms with van der Waals surface area (Å²) < 4.78 is 6.36. The van der Waals surface area contributed by atoms with E-state index >= 15 is 0 Å². The van der Waals surface area contributed by atoms with Crippen LogP contribution >= 0.6 is 22.7 Å². The van der Waals surface area contributed by atoms with Gasteiger partial charge in [-0.1, -0.05) is 5.73 Å². The molecule has 2 aromatic rings. The Morgan fingerprint density at radius 2 is 2.23 bits per heavy atom. The van der Waals surface area contributed by atoms with E-state index in [1.165, 1.54) is 36.2 Å². The van der Waals surface area contributed by atoms with Crippen molar-refractivity contribution in [2.45, 2.75) is 6.61 Å². The van der Waals surface area contributed by atoms with Gasteiger partial charge in [-0.25, -0.2) is 14.6 Å². The van der Waals surface area contributed by atoms with E-state index in [1.54, 1.807) is 11.3 Å². The zero-order valence-corrected chi connectivity index (χ0v) is 15.6. The third-order valence-corrected chi connectivity index (χ3v) is 5.10. The highest BCUT2D eigenvalue weighted by atomic mass is 32.1. The zero-order valence-electron chi connectivity index (χ0n) is 14.0. The Balaban J connectivity index is 1.65. The first-order chi connectivity index (χ1) is 12.5. The minimum absolute atomic E-state index is 0.0307. The number of imide groups is 1. The van der Waals surface area contributed by atoms with E-state index in [1.807, 2.05) is 22.2 Å². The molecule has 2 aromatic heterocycles. The van der Waals surface area contributed by atoms with Gasteiger partial charge in [0, 0.05) is 16.3 Å². The van der Waals surface area contributed by atoms with Gasteiger partial charge in [0.2, 0.25) is 0 Å². The molecule has 0 atom stereocenters. The molecule has 0 N–H and O–H groups in total. The van der Waals surface area contributed by atoms with E-state index in [0.717, 1.165) is 21.5 Å². The Bertz CT molecular complexity index is 966. The topological polar surface area (TPSA) is 79.6 Å². The summed E-state index contributed by atoms with van der Waals surface area (Å²) >= 11 is 3.07. The number of likely N-dealkylation sites (N-methyl/N-ethyl adjacent to an activating group) is 1. The van der Waals surface area contributed by atoms with Crippen molar-refractivity contribution < 1.29 is 23.7 Å². The second kappa shape index (κ2) is 7.57. The third-order valence-electron chi connectivity index (χ3n) is 3.47. The summed E-state index contributed by atoms with van der Waals surface area (Å²) in [6.45, 7) is 0.0307. The summed E-state index contributed by atoms with van der Waals surface area (Å²) in [6.07, 6.45) is 2.36. The number of amides is 3. The maximum Gasteiger partial charge on any atom is 0.500 e. The average Bonchev–Trinajstić information content (AvgIpc) is 3.31. The van der Waals surface area contributed by atoms with Crippen LogP contribution in [-0.4, -0.2) is 52.7 Å². The van der Waals surface area contributed by atoms with Crippen molar-refractivity contribution in [3.8, 4) is 10.6 Å². The molecule has 3 heterocycles. The molecular formula is C17H14N3O4S2+. The molecule has 0 saturated carbocycles. The predicted octanol–water partition coefficient (Wildman–Crippen LogP) is 2.30. The number of aromatic nitrogens is 1. The molecule has 1 aliphatic rings. The Morgan fingerprint density at radius 1 is 1.42 bits per heavy atom. The summed E-state index contributed by atoms with van der Waals surface area (Å²) in [5.74, 6) is -1.18. The number of esters is 1. The highest BCUT2D eigenvalue weighted by molar-refractivity contribution is 7.14. The first-order valence-corrected chi connectivity index (χ1v) is 9.28. The van der Waals surface area contributed by atoms with Gasteiger partial charge in [-0.05, 0) is 11.4 Å². The van der Waals surface area contributed by atoms with Crippen molar-refractivity contribution in [3.63, 3.8) is 0 Å². The first kappa shape index (κ1) is 17.9. The Morgan fingerprint density at radius 3 is 2.96 bits per heavy atom. The van der Waals surface area contributed by atoms with Crippen LogP contribution in [0.2, 0.25) is 0 Å². The van der Waals surface area contributed by atoms with Crippen molar-refractivity contribution in [1.82, 2.24) is 9.88 Å². The fourth-order valence-corrected chi connectivity index (χ4v) is 3.64. The molecule has 26 heavy (non-hydrogen) atoms. The Hall–Kier alpha value is -2.87. The van der Waals surface area contributed by atoms with Crippen LogP contribution in [-0.2, 0) is 20.9 Å². The number of rotatable bonds is 4. The first-order valence-electron chi connectivity index (χ1n) is 7.46. The molecular weight excluding hydrogens is 374 g/mol. The van der Waals surface area contributed by atoms with Gasteiger partial charge >= 0.3 is 17.9 Å². The van der Waals surface area contributed by atoms with Crippen molar-refractivity contribution in [1.29, 1.82) is 0 Å². The zero-order chi connectivity index (χ0) is 18.7. The van der Waals surface area contributed by atoms with E-state index < -0.39 is 17.9 Å². The summed E-state index contributed by atoms with van der Waals surface area (Å²) in [5, 5.41) is 6.67. The van der Waals surface area contributed by atoms with Crippen LogP contribution in [0.5, 0.6) is 0 Å². The molecule has 0 fully saturated rings. The lowest BCUT2D eigenvalue weighted by atomic mass is 10.2. The molecule has 3 rings (SSSR count). The largest absolute Gasteiger partial charge is 0.500 e. The van der Waals surface area contributed by atoms with Crippen LogP contribution in [0, 0.1) is 0 Å². The van der Waals surface area contributed by atoms with E-state index in [9.17, 15) is 14.4 Å². The van der Waals surface area contributed by atoms with Gasteiger partial charge in [-0.2, -0.15) is 25.6 Å². The number of nitrogens with zero attached hydrogens (tertiary/aromatic N) is 3. The lowest BCUT2D eigenvalue weighted by Crippen LogP contribution is -2.44. The molecule has 0 saturated heterocycles. The van der Waals surface area contributed by atoms with Crippen molar-refractivity contribution >= 4 is 46.8 Å². The van der Waals surface area contributed by atoms with Crippen molar-refractivity contribution in [3.05, 3.63) is 45.3 Å². The van der Waals surface area contributed by atoms with Crippen LogP contribution in [0.4, 0.5) is 4.79 Å². The summed E-state index contributed by atoms with van der Waals surface area (Å²) in [6, 6.07) is 1.53. The number of hydrogen-bond donors (Lipinski definition) is 0. The minimum Gasteiger partial charge on any atom is -0.456 e. The van der Waals surface area contributed by atoms with E-state index in [4.69, 9.17) is 4.74 Å². The maximum absolute atomic E-state index is 12.0. The average molecular weight is 388 g/mol. The summed E-state index contributed by atoms with van der Waals surface area (Å²) in [7, 11) is 2.88. The van der Waals surface area contributed by atoms with Gasteiger partial charge in [0.1, 0.15) is 23.4 Å². The highest BCUT2D eigenvalue weighted by Gasteiger charge is 2.34. The second-order valence-electron chi connectivity index (χ2n) is 5.35. The second-order valence-corrected chi connectivity index (χ2v) is 6.99. The maximum atomic E-state index is 12.0. The van der Waals surface area contributed by atoms with Gasteiger partial charge < -0.3 is 4.74 Å². The number of urea groups is 1. The summed E-state index contributed by atoms with van der Waals surface area (Å²) in [4.78, 5) is 40.8. The summed E-state index contributed by atoms with van der Waals surface area (Å²) in [5.41, 5.74) is 4.36. The fourth-order valence-electron chi connectivity index (χ4n) is 2.12. The molecule has 0 spiro atoms. The Kier molecular flexibility index (Phi) is 5.22. The number of thiazole rings is 1. The molecule has 0 aromatic carbocycles. The number of hydrogen-bond acceptors (Lipinski definition) is 7. The number of carbonyl (C=O) groups is 3. The van der Waals surface area contributed by atoms with Gasteiger partial charge in [0.25, 0.3) is 0 Å². The Labute approximate surface area is 157 Å². The fraction of sp³-hybridized carbons (Fsp3) is 0.176. The van der Waals surface area contributed by atoms with E-state index in [2.05, 4.69) is 10.7 Å². The van der Waals surface area contributed by atoms with Crippen LogP contribution in [0.1, 0.15) is 5.69 Å². The molecule has 0 unspecified atom stereocenters. The molecule has 0 aliphatic carbocycles. The third kappa shape index (κ3) is 3.85. The molecule has 0 radical (unpaired) electrons. The lowest BCUT2D eigenvalue weighted by molar-refractivity contribution is -0.397. The van der Waals surface area contributed by atoms with Crippen molar-refractivity contribution in [2.75, 3.05) is 14.1 Å². The number of carbonyl (C=O) groups excluding carboxylic acids is 3. The van der Waals surface area contributed by atoms with Gasteiger partial charge in [0.05, 0.1) is 25.9 Å². The monoisotopic (exact) mass is 388 g/mol. The van der Waals surface area contributed by atoms with Gasteiger partial charge in [0.15, 0.2) is 0 Å². The van der Waals surface area contributed by atoms with E-state index in [0.29, 0.717) is 5.69 Å². The number of thiophene rings is 1. The molecule has 1 aliphatic heterocycles. The van der Waals surface area contributed by atoms with Crippen LogP contribution < -0.4 is 0 Å². The lowest BCUT2D eigenvalue weighted by Gasteiger charge is -2.12. The van der Waals surface area contributed by atoms with Crippen LogP contribution in [0.3, 0.4) is 0 Å². The normalized spacial score (nSPS) is 14.2. The smallest absolute Gasteiger partial charge is 0.456 e. The highest BCUT2D eigenvalue weighted by Crippen LogP contribution is 2.25. The SMILES string of the molecule is CN1C(=O)C(=C=CC(=O)OCc2csc(-c3ccsc3)n2)C=[N+](C)C1=O. The van der Waals surface area contributed by atoms with Gasteiger partial charge in [-0.15, -0.1) is 11.3 Å². The van der Waals surface area contributed by atoms with Crippen LogP contribution in [0.25, 0.3) is 10.6 Å². The molecule has 0 bridgehead atoms. The molecule has 9 heteroatoms. The van der Waals surface area contributed by atoms with Gasteiger partial charge in [-0.3, -0.25) is 0 Å². The van der Waals surface area contributed by atoms with E-state index in [-0.39, 0.29) is 12.2 Å². The standard InChI is InChI=1S/C17H14N3O4S2/c1-19-7-11(16(22)20(2)17(19)23)3-4-14(21)24-8-13-10-26-15(18-13)12-5-6-25-9-12/h4-7,9-10H,8H2,1-2H3/q+1. The molecule has 3 amide bonds. The quantitative estimate of drug-likeness (QED) is 0.348. The van der Waals surface area contributed by atoms with Crippen LogP contribution in [0.15, 0.2) is 39.6 Å². The minimum atomic E-state index is -0.647. The number of ether oxygens (including phenoxy) is 1. The predicted molar refractivity (Wildman–Crippen MR) is 97.2 cm³/mol.